The average Bonchev–Trinajstić information content (AvgIpc) is 2.66. The van der Waals surface area contributed by atoms with Crippen molar-refractivity contribution in [2.45, 2.75) is 5.92 Å². The van der Waals surface area contributed by atoms with Crippen LogP contribution in [0.25, 0.3) is 10.8 Å². The van der Waals surface area contributed by atoms with E-state index in [9.17, 15) is 24.3 Å². The highest BCUT2D eigenvalue weighted by Gasteiger charge is 2.37. The first-order valence-electron chi connectivity index (χ1n) is 8.55. The highest BCUT2D eigenvalue weighted by Crippen LogP contribution is 2.47. The number of hydrogen-bond donors (Lipinski definition) is 5. The Bertz CT molecular complexity index is 1520. The lowest BCUT2D eigenvalue weighted by atomic mass is 9.82. The van der Waals surface area contributed by atoms with E-state index in [0.29, 0.717) is 16.7 Å². The van der Waals surface area contributed by atoms with Crippen molar-refractivity contribution in [1.82, 2.24) is 19.9 Å². The first-order chi connectivity index (χ1) is 13.9. The van der Waals surface area contributed by atoms with Gasteiger partial charge in [-0.25, -0.2) is 9.59 Å². The summed E-state index contributed by atoms with van der Waals surface area (Å²) in [5, 5.41) is 11.9. The van der Waals surface area contributed by atoms with Gasteiger partial charge in [0.1, 0.15) is 5.75 Å². The van der Waals surface area contributed by atoms with Crippen LogP contribution in [0.4, 0.5) is 0 Å². The van der Waals surface area contributed by atoms with Gasteiger partial charge in [0, 0.05) is 5.56 Å². The molecule has 5 rings (SSSR count). The predicted octanol–water partition coefficient (Wildman–Crippen LogP) is 0.584. The van der Waals surface area contributed by atoms with Gasteiger partial charge in [-0.2, -0.15) is 0 Å². The summed E-state index contributed by atoms with van der Waals surface area (Å²) < 4.78 is 5.76. The van der Waals surface area contributed by atoms with E-state index in [1.807, 2.05) is 12.1 Å². The summed E-state index contributed by atoms with van der Waals surface area (Å²) >= 11 is 0. The molecule has 10 heteroatoms. The van der Waals surface area contributed by atoms with Gasteiger partial charge in [-0.05, 0) is 16.8 Å². The van der Waals surface area contributed by atoms with Crippen LogP contribution in [-0.4, -0.2) is 25.0 Å². The van der Waals surface area contributed by atoms with Crippen LogP contribution in [0, 0.1) is 0 Å². The zero-order valence-corrected chi connectivity index (χ0v) is 14.5. The van der Waals surface area contributed by atoms with E-state index in [-0.39, 0.29) is 17.0 Å². The Hall–Kier alpha value is -4.34. The van der Waals surface area contributed by atoms with E-state index in [1.165, 1.54) is 0 Å². The van der Waals surface area contributed by atoms with E-state index < -0.39 is 34.3 Å². The fraction of sp³-hybridized carbons (Fsp3) is 0.0526. The molecule has 0 unspecified atom stereocenters. The number of aromatic nitrogens is 4. The zero-order chi connectivity index (χ0) is 20.3. The molecule has 0 amide bonds. The molecule has 1 aliphatic rings. The predicted molar refractivity (Wildman–Crippen MR) is 102 cm³/mol. The number of fused-ring (bicyclic) bond motifs is 4. The van der Waals surface area contributed by atoms with E-state index in [2.05, 4.69) is 19.9 Å². The number of ether oxygens (including phenoxy) is 1. The smallest absolute Gasteiger partial charge is 0.328 e. The highest BCUT2D eigenvalue weighted by atomic mass is 16.5. The van der Waals surface area contributed by atoms with Crippen molar-refractivity contribution in [3.8, 4) is 17.5 Å². The largest absolute Gasteiger partial charge is 0.494 e. The molecule has 0 saturated heterocycles. The fourth-order valence-corrected chi connectivity index (χ4v) is 3.78. The van der Waals surface area contributed by atoms with Gasteiger partial charge in [0.15, 0.2) is 0 Å². The molecule has 1 atom stereocenters. The summed E-state index contributed by atoms with van der Waals surface area (Å²) in [6.45, 7) is 0. The summed E-state index contributed by atoms with van der Waals surface area (Å²) in [6.07, 6.45) is 0. The molecule has 0 spiro atoms. The van der Waals surface area contributed by atoms with Gasteiger partial charge in [-0.3, -0.25) is 29.5 Å². The Kier molecular flexibility index (Phi) is 3.38. The maximum Gasteiger partial charge on any atom is 0.328 e. The van der Waals surface area contributed by atoms with E-state index in [0.717, 1.165) is 5.39 Å². The van der Waals surface area contributed by atoms with Gasteiger partial charge in [-0.1, -0.05) is 30.3 Å². The summed E-state index contributed by atoms with van der Waals surface area (Å²) in [7, 11) is 0. The minimum Gasteiger partial charge on any atom is -0.494 e. The molecule has 3 heterocycles. The maximum atomic E-state index is 12.7. The van der Waals surface area contributed by atoms with Crippen LogP contribution in [0.2, 0.25) is 0 Å². The van der Waals surface area contributed by atoms with Crippen molar-refractivity contribution in [2.75, 3.05) is 0 Å². The van der Waals surface area contributed by atoms with Crippen LogP contribution < -0.4 is 27.2 Å². The summed E-state index contributed by atoms with van der Waals surface area (Å²) in [4.78, 5) is 57.3. The van der Waals surface area contributed by atoms with Gasteiger partial charge < -0.3 is 9.84 Å². The van der Waals surface area contributed by atoms with E-state index >= 15 is 0 Å². The monoisotopic (exact) mass is 392 g/mol. The minimum absolute atomic E-state index is 0.0682. The third-order valence-electron chi connectivity index (χ3n) is 4.91. The van der Waals surface area contributed by atoms with Crippen LogP contribution in [0.1, 0.15) is 22.6 Å². The SMILES string of the molecule is O=c1[nH]c(O)c([C@@H]2c3c([nH]c(=O)[nH]c3=O)Oc3ccc4ccccc4c32)c(=O)[nH]1. The maximum absolute atomic E-state index is 12.7. The lowest BCUT2D eigenvalue weighted by Gasteiger charge is -2.28. The van der Waals surface area contributed by atoms with Crippen molar-refractivity contribution in [2.24, 2.45) is 0 Å². The van der Waals surface area contributed by atoms with Crippen molar-refractivity contribution >= 4 is 10.8 Å². The minimum atomic E-state index is -1.11. The van der Waals surface area contributed by atoms with Gasteiger partial charge >= 0.3 is 11.4 Å². The molecule has 0 saturated carbocycles. The first-order valence-corrected chi connectivity index (χ1v) is 8.55. The normalized spacial score (nSPS) is 14.8. The van der Waals surface area contributed by atoms with Gasteiger partial charge in [-0.15, -0.1) is 0 Å². The first kappa shape index (κ1) is 16.8. The Labute approximate surface area is 159 Å². The number of aromatic amines is 4. The van der Waals surface area contributed by atoms with Crippen LogP contribution in [0.3, 0.4) is 0 Å². The Morgan fingerprint density at radius 3 is 2.21 bits per heavy atom. The summed E-state index contributed by atoms with van der Waals surface area (Å²) in [5.74, 6) is -1.63. The van der Waals surface area contributed by atoms with Crippen LogP contribution in [0.5, 0.6) is 17.5 Å². The van der Waals surface area contributed by atoms with Crippen molar-refractivity contribution in [3.05, 3.63) is 94.8 Å². The topological polar surface area (TPSA) is 161 Å². The second-order valence-corrected chi connectivity index (χ2v) is 6.56. The molecule has 29 heavy (non-hydrogen) atoms. The number of benzene rings is 2. The molecule has 4 aromatic rings. The lowest BCUT2D eigenvalue weighted by molar-refractivity contribution is 0.417. The number of aromatic hydroxyl groups is 1. The number of hydrogen-bond acceptors (Lipinski definition) is 6. The van der Waals surface area contributed by atoms with Crippen molar-refractivity contribution < 1.29 is 9.84 Å². The van der Waals surface area contributed by atoms with Gasteiger partial charge in [0.2, 0.25) is 11.8 Å². The molecular weight excluding hydrogens is 380 g/mol. The fourth-order valence-electron chi connectivity index (χ4n) is 3.78. The van der Waals surface area contributed by atoms with Gasteiger partial charge in [0.05, 0.1) is 17.0 Å². The van der Waals surface area contributed by atoms with E-state index in [1.54, 1.807) is 24.3 Å². The summed E-state index contributed by atoms with van der Waals surface area (Å²) in [6, 6.07) is 10.7. The third kappa shape index (κ3) is 2.42. The molecule has 2 aromatic heterocycles. The summed E-state index contributed by atoms with van der Waals surface area (Å²) in [5.41, 5.74) is -3.19. The lowest BCUT2D eigenvalue weighted by Crippen LogP contribution is -2.34. The van der Waals surface area contributed by atoms with Crippen LogP contribution in [-0.2, 0) is 0 Å². The molecule has 5 N–H and O–H groups in total. The second-order valence-electron chi connectivity index (χ2n) is 6.56. The zero-order valence-electron chi connectivity index (χ0n) is 14.5. The standard InChI is InChI=1S/C19H12N4O6/c24-14-12(15(25)21-18(27)20-14)11-10-8-4-2-1-3-7(8)5-6-9(10)29-17-13(11)16(26)22-19(28)23-17/h1-6,11H,(H2,22,23,26,28)(H3,20,21,24,25,27)/t11-/m1/s1. The molecule has 0 aliphatic carbocycles. The molecule has 144 valence electrons. The van der Waals surface area contributed by atoms with E-state index in [4.69, 9.17) is 4.74 Å². The van der Waals surface area contributed by atoms with Crippen molar-refractivity contribution in [3.63, 3.8) is 0 Å². The number of H-pyrrole nitrogens is 4. The molecule has 0 bridgehead atoms. The molecule has 1 aliphatic heterocycles. The Morgan fingerprint density at radius 2 is 1.45 bits per heavy atom. The van der Waals surface area contributed by atoms with Crippen molar-refractivity contribution in [1.29, 1.82) is 0 Å². The van der Waals surface area contributed by atoms with Crippen LogP contribution >= 0.6 is 0 Å². The molecule has 0 fully saturated rings. The third-order valence-corrected chi connectivity index (χ3v) is 4.91. The molecule has 0 radical (unpaired) electrons. The van der Waals surface area contributed by atoms with Gasteiger partial charge in [0.25, 0.3) is 11.1 Å². The molecular formula is C19H12N4O6. The molecule has 10 nitrogen and oxygen atoms in total. The Morgan fingerprint density at radius 1 is 0.759 bits per heavy atom. The Balaban J connectivity index is 1.98. The number of rotatable bonds is 1. The quantitative estimate of drug-likeness (QED) is 0.280. The second kappa shape index (κ2) is 5.83. The molecule has 2 aromatic carbocycles. The highest BCUT2D eigenvalue weighted by molar-refractivity contribution is 5.90. The average molecular weight is 392 g/mol. The van der Waals surface area contributed by atoms with Crippen LogP contribution in [0.15, 0.2) is 55.6 Å². The number of nitrogens with one attached hydrogen (secondary N) is 4.